The van der Waals surface area contributed by atoms with Gasteiger partial charge in [-0.2, -0.15) is 10.2 Å². The Morgan fingerprint density at radius 2 is 1.50 bits per heavy atom. The summed E-state index contributed by atoms with van der Waals surface area (Å²) in [5.41, 5.74) is 4.29. The molecule has 2 heterocycles. The van der Waals surface area contributed by atoms with E-state index in [4.69, 9.17) is 11.6 Å². The Bertz CT molecular complexity index is 939. The van der Waals surface area contributed by atoms with Gasteiger partial charge in [0.05, 0.1) is 24.6 Å². The van der Waals surface area contributed by atoms with Crippen LogP contribution in [0.5, 0.6) is 0 Å². The summed E-state index contributed by atoms with van der Waals surface area (Å²) in [4.78, 5) is 0. The molecule has 0 amide bonds. The van der Waals surface area contributed by atoms with Gasteiger partial charge < -0.3 is 0 Å². The highest BCUT2D eigenvalue weighted by Crippen LogP contribution is 2.20. The van der Waals surface area contributed by atoms with Crippen LogP contribution < -0.4 is 0 Å². The molecule has 0 saturated heterocycles. The number of hydrogen-bond acceptors (Lipinski definition) is 2. The van der Waals surface area contributed by atoms with E-state index in [1.807, 2.05) is 88.7 Å². The molecule has 0 N–H and O–H groups in total. The van der Waals surface area contributed by atoms with Crippen LogP contribution >= 0.6 is 11.6 Å². The van der Waals surface area contributed by atoms with Gasteiger partial charge in [-0.15, -0.1) is 0 Å². The predicted octanol–water partition coefficient (Wildman–Crippen LogP) is 4.44. The lowest BCUT2D eigenvalue weighted by Crippen LogP contribution is -1.99. The summed E-state index contributed by atoms with van der Waals surface area (Å²) in [6.45, 7) is 0.712. The SMILES string of the molecule is Clc1ccc(Cn2cc(-c3cnn(-c4ccccc4)c3)cn2)cc1. The third-order valence-electron chi connectivity index (χ3n) is 3.83. The van der Waals surface area contributed by atoms with Crippen molar-refractivity contribution in [2.75, 3.05) is 0 Å². The largest absolute Gasteiger partial charge is 0.268 e. The molecule has 0 aliphatic heterocycles. The summed E-state index contributed by atoms with van der Waals surface area (Å²) in [5, 5.41) is 9.61. The van der Waals surface area contributed by atoms with E-state index in [0.29, 0.717) is 6.54 Å². The van der Waals surface area contributed by atoms with Gasteiger partial charge >= 0.3 is 0 Å². The number of hydrogen-bond donors (Lipinski definition) is 0. The number of rotatable bonds is 4. The van der Waals surface area contributed by atoms with Crippen molar-refractivity contribution in [1.29, 1.82) is 0 Å². The number of nitrogens with zero attached hydrogens (tertiary/aromatic N) is 4. The van der Waals surface area contributed by atoms with Crippen LogP contribution in [0.1, 0.15) is 5.56 Å². The quantitative estimate of drug-likeness (QED) is 0.553. The standard InChI is InChI=1S/C19H15ClN4/c20-18-8-6-15(7-9-18)12-23-13-16(10-21-23)17-11-22-24(14-17)19-4-2-1-3-5-19/h1-11,13-14H,12H2. The van der Waals surface area contributed by atoms with Crippen LogP contribution in [0.25, 0.3) is 16.8 Å². The van der Waals surface area contributed by atoms with Crippen LogP contribution in [0.4, 0.5) is 0 Å². The maximum Gasteiger partial charge on any atom is 0.0659 e. The van der Waals surface area contributed by atoms with Crippen molar-refractivity contribution in [2.45, 2.75) is 6.54 Å². The Morgan fingerprint density at radius 3 is 2.29 bits per heavy atom. The Balaban J connectivity index is 1.55. The molecule has 0 saturated carbocycles. The highest BCUT2D eigenvalue weighted by molar-refractivity contribution is 6.30. The number of halogens is 1. The van der Waals surface area contributed by atoms with Crippen LogP contribution in [0.2, 0.25) is 5.02 Å². The monoisotopic (exact) mass is 334 g/mol. The molecule has 2 aromatic heterocycles. The van der Waals surface area contributed by atoms with Crippen LogP contribution in [0.3, 0.4) is 0 Å². The molecule has 0 aliphatic carbocycles. The summed E-state index contributed by atoms with van der Waals surface area (Å²) in [6.07, 6.45) is 7.76. The fourth-order valence-electron chi connectivity index (χ4n) is 2.57. The summed E-state index contributed by atoms with van der Waals surface area (Å²) >= 11 is 5.92. The Kier molecular flexibility index (Phi) is 3.89. The molecule has 0 aliphatic rings. The van der Waals surface area contributed by atoms with Crippen molar-refractivity contribution in [3.05, 3.63) is 90.0 Å². The van der Waals surface area contributed by atoms with E-state index in [0.717, 1.165) is 27.4 Å². The zero-order valence-corrected chi connectivity index (χ0v) is 13.6. The van der Waals surface area contributed by atoms with E-state index < -0.39 is 0 Å². The minimum atomic E-state index is 0.712. The van der Waals surface area contributed by atoms with E-state index in [2.05, 4.69) is 10.2 Å². The zero-order chi connectivity index (χ0) is 16.4. The first-order valence-electron chi connectivity index (χ1n) is 7.65. The number of aromatic nitrogens is 4. The molecular weight excluding hydrogens is 320 g/mol. The van der Waals surface area contributed by atoms with Gasteiger partial charge in [0.1, 0.15) is 0 Å². The second kappa shape index (κ2) is 6.34. The lowest BCUT2D eigenvalue weighted by Gasteiger charge is -2.01. The number of para-hydroxylation sites is 1. The molecule has 2 aromatic carbocycles. The second-order valence-electron chi connectivity index (χ2n) is 5.56. The molecule has 5 heteroatoms. The molecule has 0 radical (unpaired) electrons. The van der Waals surface area contributed by atoms with E-state index in [-0.39, 0.29) is 0 Å². The molecule has 0 spiro atoms. The van der Waals surface area contributed by atoms with Gasteiger partial charge in [-0.05, 0) is 29.8 Å². The van der Waals surface area contributed by atoms with Gasteiger partial charge in [-0.3, -0.25) is 4.68 Å². The van der Waals surface area contributed by atoms with Crippen molar-refractivity contribution < 1.29 is 0 Å². The third kappa shape index (κ3) is 3.09. The van der Waals surface area contributed by atoms with Crippen molar-refractivity contribution in [3.63, 3.8) is 0 Å². The lowest BCUT2D eigenvalue weighted by molar-refractivity contribution is 0.687. The second-order valence-corrected chi connectivity index (χ2v) is 6.00. The smallest absolute Gasteiger partial charge is 0.0659 e. The van der Waals surface area contributed by atoms with E-state index in [1.54, 1.807) is 0 Å². The Labute approximate surface area is 144 Å². The van der Waals surface area contributed by atoms with Gasteiger partial charge in [-0.1, -0.05) is 41.9 Å². The van der Waals surface area contributed by atoms with Gasteiger partial charge in [0.2, 0.25) is 0 Å². The third-order valence-corrected chi connectivity index (χ3v) is 4.08. The molecule has 4 aromatic rings. The molecule has 0 unspecified atom stereocenters. The van der Waals surface area contributed by atoms with Crippen molar-refractivity contribution in [1.82, 2.24) is 19.6 Å². The minimum absolute atomic E-state index is 0.712. The van der Waals surface area contributed by atoms with Crippen molar-refractivity contribution in [3.8, 4) is 16.8 Å². The first kappa shape index (κ1) is 14.7. The van der Waals surface area contributed by atoms with Gasteiger partial charge in [0, 0.05) is 28.5 Å². The predicted molar refractivity (Wildman–Crippen MR) is 95.3 cm³/mol. The summed E-state index contributed by atoms with van der Waals surface area (Å²) in [5.74, 6) is 0. The average molecular weight is 335 g/mol. The maximum absolute atomic E-state index is 5.92. The minimum Gasteiger partial charge on any atom is -0.268 e. The molecular formula is C19H15ClN4. The highest BCUT2D eigenvalue weighted by atomic mass is 35.5. The molecule has 0 fully saturated rings. The van der Waals surface area contributed by atoms with Gasteiger partial charge in [-0.25, -0.2) is 4.68 Å². The normalized spacial score (nSPS) is 10.9. The average Bonchev–Trinajstić information content (AvgIpc) is 3.27. The van der Waals surface area contributed by atoms with Crippen LogP contribution in [-0.4, -0.2) is 19.6 Å². The van der Waals surface area contributed by atoms with Gasteiger partial charge in [0.25, 0.3) is 0 Å². The molecule has 4 nitrogen and oxygen atoms in total. The van der Waals surface area contributed by atoms with E-state index in [9.17, 15) is 0 Å². The zero-order valence-electron chi connectivity index (χ0n) is 12.9. The molecule has 0 bridgehead atoms. The van der Waals surface area contributed by atoms with Crippen LogP contribution in [0, 0.1) is 0 Å². The van der Waals surface area contributed by atoms with E-state index in [1.165, 1.54) is 0 Å². The first-order valence-corrected chi connectivity index (χ1v) is 8.03. The maximum atomic E-state index is 5.92. The first-order chi connectivity index (χ1) is 11.8. The molecule has 118 valence electrons. The summed E-state index contributed by atoms with van der Waals surface area (Å²) in [6, 6.07) is 17.9. The number of benzene rings is 2. The van der Waals surface area contributed by atoms with Crippen LogP contribution in [0.15, 0.2) is 79.4 Å². The Hall–Kier alpha value is -2.85. The van der Waals surface area contributed by atoms with Crippen LogP contribution in [-0.2, 0) is 6.54 Å². The summed E-state index contributed by atoms with van der Waals surface area (Å²) in [7, 11) is 0. The van der Waals surface area contributed by atoms with Crippen molar-refractivity contribution in [2.24, 2.45) is 0 Å². The van der Waals surface area contributed by atoms with Gasteiger partial charge in [0.15, 0.2) is 0 Å². The molecule has 4 rings (SSSR count). The fourth-order valence-corrected chi connectivity index (χ4v) is 2.70. The summed E-state index contributed by atoms with van der Waals surface area (Å²) < 4.78 is 3.78. The van der Waals surface area contributed by atoms with E-state index >= 15 is 0 Å². The lowest BCUT2D eigenvalue weighted by atomic mass is 10.2. The van der Waals surface area contributed by atoms with Crippen molar-refractivity contribution >= 4 is 11.6 Å². The fraction of sp³-hybridized carbons (Fsp3) is 0.0526. The molecule has 0 atom stereocenters. The topological polar surface area (TPSA) is 35.6 Å². The highest BCUT2D eigenvalue weighted by Gasteiger charge is 2.06. The molecule has 24 heavy (non-hydrogen) atoms. The Morgan fingerprint density at radius 1 is 0.792 bits per heavy atom.